The standard InChI is InChI=1S/C7H7BClF2S/c1-12(8(10)11)7-5-3-2-4-6(7)9/h2-5H,1H3/q+1. The van der Waals surface area contributed by atoms with Crippen molar-refractivity contribution in [2.24, 2.45) is 0 Å². The first kappa shape index (κ1) is 9.87. The highest BCUT2D eigenvalue weighted by atomic mass is 35.5. The first-order valence-electron chi connectivity index (χ1n) is 3.30. The molecular formula is C7H7BClF2S+. The monoisotopic (exact) mass is 207 g/mol. The van der Waals surface area contributed by atoms with Crippen molar-refractivity contribution >= 4 is 28.9 Å². The van der Waals surface area contributed by atoms with Crippen LogP contribution < -0.4 is 0 Å². The summed E-state index contributed by atoms with van der Waals surface area (Å²) in [6, 6.07) is 6.71. The molecule has 0 aliphatic carbocycles. The number of halogens is 3. The van der Waals surface area contributed by atoms with Crippen LogP contribution in [0.4, 0.5) is 8.63 Å². The van der Waals surface area contributed by atoms with Crippen LogP contribution in [0.3, 0.4) is 0 Å². The molecule has 0 N–H and O–H groups in total. The maximum atomic E-state index is 12.2. The Morgan fingerprint density at radius 1 is 1.33 bits per heavy atom. The Labute approximate surface area is 78.3 Å². The SMILES string of the molecule is C[S+](B(F)F)c1ccccc1Cl. The molecule has 64 valence electrons. The average Bonchev–Trinajstić information content (AvgIpc) is 2.04. The number of hydrogen-bond acceptors (Lipinski definition) is 0. The molecule has 5 heteroatoms. The molecular weight excluding hydrogens is 200 g/mol. The van der Waals surface area contributed by atoms with Crippen LogP contribution in [0.15, 0.2) is 29.2 Å². The Morgan fingerprint density at radius 2 is 1.92 bits per heavy atom. The zero-order chi connectivity index (χ0) is 9.14. The van der Waals surface area contributed by atoms with Crippen molar-refractivity contribution in [3.8, 4) is 0 Å². The van der Waals surface area contributed by atoms with Crippen molar-refractivity contribution in [2.45, 2.75) is 4.90 Å². The summed E-state index contributed by atoms with van der Waals surface area (Å²) in [6.45, 7) is -2.33. The first-order valence-corrected chi connectivity index (χ1v) is 5.37. The van der Waals surface area contributed by atoms with Gasteiger partial charge in [0.25, 0.3) is 0 Å². The largest absolute Gasteiger partial charge is 0.842 e. The van der Waals surface area contributed by atoms with Crippen molar-refractivity contribution < 1.29 is 8.63 Å². The Bertz CT molecular complexity index is 269. The predicted octanol–water partition coefficient (Wildman–Crippen LogP) is 2.87. The van der Waals surface area contributed by atoms with Gasteiger partial charge in [-0.1, -0.05) is 23.7 Å². The Morgan fingerprint density at radius 3 is 2.42 bits per heavy atom. The summed E-state index contributed by atoms with van der Waals surface area (Å²) in [6.07, 6.45) is 1.49. The van der Waals surface area contributed by atoms with E-state index in [0.29, 0.717) is 9.92 Å². The molecule has 0 radical (unpaired) electrons. The number of hydrogen-bond donors (Lipinski definition) is 0. The maximum absolute atomic E-state index is 12.2. The summed E-state index contributed by atoms with van der Waals surface area (Å²) in [5, 5.41) is 0.420. The minimum absolute atomic E-state index is 0.420. The third-order valence-corrected chi connectivity index (χ3v) is 3.48. The minimum atomic E-state index is -2.33. The summed E-state index contributed by atoms with van der Waals surface area (Å²) in [7, 11) is -1.06. The second-order valence-electron chi connectivity index (χ2n) is 2.25. The molecule has 0 aliphatic heterocycles. The number of rotatable bonds is 2. The van der Waals surface area contributed by atoms with Crippen molar-refractivity contribution in [1.82, 2.24) is 0 Å². The van der Waals surface area contributed by atoms with Crippen LogP contribution in [-0.4, -0.2) is 12.8 Å². The predicted molar refractivity (Wildman–Crippen MR) is 51.0 cm³/mol. The average molecular weight is 207 g/mol. The van der Waals surface area contributed by atoms with Gasteiger partial charge in [-0.25, -0.2) is 8.63 Å². The third kappa shape index (κ3) is 2.14. The number of benzene rings is 1. The van der Waals surface area contributed by atoms with E-state index in [9.17, 15) is 8.63 Å². The molecule has 1 aromatic rings. The molecule has 0 bridgehead atoms. The lowest BCUT2D eigenvalue weighted by atomic mass is 10.4. The zero-order valence-corrected chi connectivity index (χ0v) is 8.00. The van der Waals surface area contributed by atoms with Gasteiger partial charge in [-0.15, -0.1) is 0 Å². The quantitative estimate of drug-likeness (QED) is 0.517. The molecule has 0 saturated carbocycles. The Kier molecular flexibility index (Phi) is 3.41. The molecule has 0 nitrogen and oxygen atoms in total. The van der Waals surface area contributed by atoms with Crippen molar-refractivity contribution in [1.29, 1.82) is 0 Å². The smallest absolute Gasteiger partial charge is 0.233 e. The van der Waals surface area contributed by atoms with Crippen LogP contribution in [0, 0.1) is 0 Å². The Hall–Kier alpha value is -0.215. The van der Waals surface area contributed by atoms with Gasteiger partial charge in [-0.2, -0.15) is 0 Å². The highest BCUT2D eigenvalue weighted by molar-refractivity contribution is 8.20. The second-order valence-corrected chi connectivity index (χ2v) is 4.57. The third-order valence-electron chi connectivity index (χ3n) is 1.45. The van der Waals surface area contributed by atoms with E-state index in [1.54, 1.807) is 24.3 Å². The summed E-state index contributed by atoms with van der Waals surface area (Å²) in [5.41, 5.74) is 0. The van der Waals surface area contributed by atoms with E-state index in [1.807, 2.05) is 0 Å². The van der Waals surface area contributed by atoms with Crippen molar-refractivity contribution in [3.05, 3.63) is 29.3 Å². The second kappa shape index (κ2) is 4.14. The minimum Gasteiger partial charge on any atom is -0.233 e. The van der Waals surface area contributed by atoms with E-state index in [4.69, 9.17) is 11.6 Å². The fourth-order valence-corrected chi connectivity index (χ4v) is 2.16. The molecule has 0 heterocycles. The Balaban J connectivity index is 2.94. The topological polar surface area (TPSA) is 0 Å². The van der Waals surface area contributed by atoms with Gasteiger partial charge < -0.3 is 0 Å². The molecule has 0 saturated heterocycles. The highest BCUT2D eigenvalue weighted by Crippen LogP contribution is 2.24. The normalized spacial score (nSPS) is 12.7. The first-order chi connectivity index (χ1) is 5.63. The molecule has 0 spiro atoms. The lowest BCUT2D eigenvalue weighted by Crippen LogP contribution is -2.15. The summed E-state index contributed by atoms with van der Waals surface area (Å²) in [5.74, 6) is 0. The van der Waals surface area contributed by atoms with Gasteiger partial charge in [0.05, 0.1) is 11.3 Å². The van der Waals surface area contributed by atoms with E-state index in [2.05, 4.69) is 0 Å². The van der Waals surface area contributed by atoms with Crippen molar-refractivity contribution in [2.75, 3.05) is 6.26 Å². The molecule has 0 amide bonds. The molecule has 12 heavy (non-hydrogen) atoms. The summed E-state index contributed by atoms with van der Waals surface area (Å²) in [4.78, 5) is 0.536. The van der Waals surface area contributed by atoms with Crippen LogP contribution >= 0.6 is 11.6 Å². The van der Waals surface area contributed by atoms with Crippen LogP contribution in [0.2, 0.25) is 5.02 Å². The molecule has 0 aromatic heterocycles. The summed E-state index contributed by atoms with van der Waals surface area (Å²) < 4.78 is 24.5. The lowest BCUT2D eigenvalue weighted by molar-refractivity contribution is 0.699. The van der Waals surface area contributed by atoms with Crippen LogP contribution in [0.5, 0.6) is 0 Å². The van der Waals surface area contributed by atoms with Crippen LogP contribution in [0.25, 0.3) is 0 Å². The van der Waals surface area contributed by atoms with Gasteiger partial charge in [0.1, 0.15) is 0 Å². The van der Waals surface area contributed by atoms with E-state index >= 15 is 0 Å². The van der Waals surface area contributed by atoms with E-state index < -0.39 is 17.3 Å². The molecule has 0 aliphatic rings. The molecule has 1 rings (SSSR count). The van der Waals surface area contributed by atoms with Gasteiger partial charge in [-0.05, 0) is 12.1 Å². The lowest BCUT2D eigenvalue weighted by Gasteiger charge is -1.99. The highest BCUT2D eigenvalue weighted by Gasteiger charge is 2.40. The summed E-state index contributed by atoms with van der Waals surface area (Å²) >= 11 is 5.74. The fraction of sp³-hybridized carbons (Fsp3) is 0.143. The van der Waals surface area contributed by atoms with E-state index in [0.717, 1.165) is 0 Å². The van der Waals surface area contributed by atoms with E-state index in [1.165, 1.54) is 6.26 Å². The fourth-order valence-electron chi connectivity index (χ4n) is 0.802. The van der Waals surface area contributed by atoms with Crippen molar-refractivity contribution in [3.63, 3.8) is 0 Å². The van der Waals surface area contributed by atoms with Gasteiger partial charge in [0, 0.05) is 10.7 Å². The van der Waals surface area contributed by atoms with Crippen LogP contribution in [0.1, 0.15) is 0 Å². The molecule has 1 unspecified atom stereocenters. The zero-order valence-electron chi connectivity index (χ0n) is 6.43. The van der Waals surface area contributed by atoms with Gasteiger partial charge in [0.2, 0.25) is 0 Å². The van der Waals surface area contributed by atoms with Gasteiger partial charge >= 0.3 is 6.55 Å². The maximum Gasteiger partial charge on any atom is 0.842 e. The van der Waals surface area contributed by atoms with E-state index in [-0.39, 0.29) is 0 Å². The molecule has 0 fully saturated rings. The van der Waals surface area contributed by atoms with Gasteiger partial charge in [-0.3, -0.25) is 0 Å². The molecule has 1 aromatic carbocycles. The van der Waals surface area contributed by atoms with Gasteiger partial charge in [0.15, 0.2) is 4.90 Å². The molecule has 1 atom stereocenters. The van der Waals surface area contributed by atoms with Crippen LogP contribution in [-0.2, 0) is 10.7 Å².